The van der Waals surface area contributed by atoms with Crippen molar-refractivity contribution in [3.05, 3.63) is 64.2 Å². The van der Waals surface area contributed by atoms with Crippen LogP contribution in [0.15, 0.2) is 48.5 Å². The molecule has 142 valence electrons. The zero-order valence-electron chi connectivity index (χ0n) is 14.4. The molecule has 0 saturated carbocycles. The van der Waals surface area contributed by atoms with Gasteiger partial charge in [-0.05, 0) is 30.3 Å². The molecule has 2 N–H and O–H groups in total. The first-order valence-corrected chi connectivity index (χ1v) is 7.87. The van der Waals surface area contributed by atoms with Gasteiger partial charge in [-0.25, -0.2) is 4.79 Å². The van der Waals surface area contributed by atoms with Gasteiger partial charge in [0, 0.05) is 23.5 Å². The van der Waals surface area contributed by atoms with E-state index >= 15 is 0 Å². The molecule has 0 aliphatic carbocycles. The predicted molar refractivity (Wildman–Crippen MR) is 97.3 cm³/mol. The number of nitrogens with zero attached hydrogens (tertiary/aromatic N) is 2. The number of nitro benzene ring substituents is 1. The van der Waals surface area contributed by atoms with Crippen LogP contribution in [0.5, 0.6) is 0 Å². The standard InChI is InChI=1S/C18H14N4O6/c19-9-8-16(23)20-13-6-4-12(5-7-13)18(25)28-11-17(24)21-14-2-1-3-15(10-14)22(26)27/h1-7,10H,8,11H2,(H,20,23)(H,21,24). The molecule has 0 saturated heterocycles. The molecule has 0 atom stereocenters. The molecule has 0 aliphatic rings. The maximum atomic E-state index is 12.0. The number of carbonyl (C=O) groups excluding carboxylic acids is 3. The van der Waals surface area contributed by atoms with Gasteiger partial charge in [-0.1, -0.05) is 6.07 Å². The van der Waals surface area contributed by atoms with Crippen molar-refractivity contribution in [1.82, 2.24) is 0 Å². The van der Waals surface area contributed by atoms with Gasteiger partial charge in [0.25, 0.3) is 11.6 Å². The quantitative estimate of drug-likeness (QED) is 0.423. The zero-order valence-corrected chi connectivity index (χ0v) is 14.4. The van der Waals surface area contributed by atoms with Crippen LogP contribution in [0.3, 0.4) is 0 Å². The second kappa shape index (κ2) is 9.44. The summed E-state index contributed by atoms with van der Waals surface area (Å²) < 4.78 is 4.88. The molecule has 10 nitrogen and oxygen atoms in total. The van der Waals surface area contributed by atoms with Gasteiger partial charge in [-0.15, -0.1) is 0 Å². The second-order valence-electron chi connectivity index (χ2n) is 5.39. The monoisotopic (exact) mass is 382 g/mol. The maximum absolute atomic E-state index is 12.0. The van der Waals surface area contributed by atoms with E-state index in [-0.39, 0.29) is 23.4 Å². The Bertz CT molecular complexity index is 949. The van der Waals surface area contributed by atoms with Crippen molar-refractivity contribution in [3.8, 4) is 6.07 Å². The molecule has 0 aliphatic heterocycles. The molecule has 0 fully saturated rings. The zero-order chi connectivity index (χ0) is 20.5. The summed E-state index contributed by atoms with van der Waals surface area (Å²) in [7, 11) is 0. The van der Waals surface area contributed by atoms with E-state index < -0.39 is 29.3 Å². The Hall–Kier alpha value is -4.26. The second-order valence-corrected chi connectivity index (χ2v) is 5.39. The number of non-ortho nitro benzene ring substituents is 1. The number of anilines is 2. The number of hydrogen-bond acceptors (Lipinski definition) is 7. The summed E-state index contributed by atoms with van der Waals surface area (Å²) in [5.41, 5.74) is 0.575. The van der Waals surface area contributed by atoms with Crippen molar-refractivity contribution in [2.75, 3.05) is 17.2 Å². The fourth-order valence-corrected chi connectivity index (χ4v) is 2.08. The van der Waals surface area contributed by atoms with Gasteiger partial charge < -0.3 is 15.4 Å². The topological polar surface area (TPSA) is 151 Å². The summed E-state index contributed by atoms with van der Waals surface area (Å²) in [5, 5.41) is 24.0. The SMILES string of the molecule is N#CCC(=O)Nc1ccc(C(=O)OCC(=O)Nc2cccc([N+](=O)[O-])c2)cc1. The average Bonchev–Trinajstić information content (AvgIpc) is 2.67. The summed E-state index contributed by atoms with van der Waals surface area (Å²) in [6.07, 6.45) is -0.288. The van der Waals surface area contributed by atoms with Gasteiger partial charge in [0.2, 0.25) is 5.91 Å². The van der Waals surface area contributed by atoms with E-state index in [1.807, 2.05) is 0 Å². The first-order chi connectivity index (χ1) is 13.4. The number of ether oxygens (including phenoxy) is 1. The summed E-state index contributed by atoms with van der Waals surface area (Å²) in [6.45, 7) is -0.581. The van der Waals surface area contributed by atoms with Crippen LogP contribution in [0.2, 0.25) is 0 Å². The largest absolute Gasteiger partial charge is 0.452 e. The van der Waals surface area contributed by atoms with Crippen LogP contribution in [0.25, 0.3) is 0 Å². The Morgan fingerprint density at radius 3 is 2.36 bits per heavy atom. The molecule has 2 aromatic rings. The Kier molecular flexibility index (Phi) is 6.76. The number of benzene rings is 2. The Balaban J connectivity index is 1.87. The minimum Gasteiger partial charge on any atom is -0.452 e. The molecule has 28 heavy (non-hydrogen) atoms. The van der Waals surface area contributed by atoms with Crippen molar-refractivity contribution in [2.45, 2.75) is 6.42 Å². The van der Waals surface area contributed by atoms with Crippen LogP contribution in [-0.2, 0) is 14.3 Å². The molecule has 0 heterocycles. The van der Waals surface area contributed by atoms with Crippen LogP contribution in [0.1, 0.15) is 16.8 Å². The van der Waals surface area contributed by atoms with Gasteiger partial charge in [-0.2, -0.15) is 5.26 Å². The fourth-order valence-electron chi connectivity index (χ4n) is 2.08. The third-order valence-corrected chi connectivity index (χ3v) is 3.32. The predicted octanol–water partition coefficient (Wildman–Crippen LogP) is 2.24. The van der Waals surface area contributed by atoms with Crippen molar-refractivity contribution >= 4 is 34.8 Å². The van der Waals surface area contributed by atoms with Crippen LogP contribution in [0.4, 0.5) is 17.1 Å². The van der Waals surface area contributed by atoms with Gasteiger partial charge in [0.1, 0.15) is 6.42 Å². The molecule has 0 spiro atoms. The molecule has 2 amide bonds. The van der Waals surface area contributed by atoms with E-state index in [0.717, 1.165) is 0 Å². The number of nitrogens with one attached hydrogen (secondary N) is 2. The maximum Gasteiger partial charge on any atom is 0.338 e. The lowest BCUT2D eigenvalue weighted by Crippen LogP contribution is -2.21. The van der Waals surface area contributed by atoms with Gasteiger partial charge in [0.15, 0.2) is 6.61 Å². The normalized spacial score (nSPS) is 9.68. The molecular formula is C18H14N4O6. The van der Waals surface area contributed by atoms with E-state index in [2.05, 4.69) is 10.6 Å². The molecule has 0 aromatic heterocycles. The van der Waals surface area contributed by atoms with E-state index in [1.54, 1.807) is 6.07 Å². The van der Waals surface area contributed by atoms with Crippen molar-refractivity contribution in [2.24, 2.45) is 0 Å². The molecule has 2 rings (SSSR count). The third kappa shape index (κ3) is 5.92. The lowest BCUT2D eigenvalue weighted by atomic mass is 10.2. The van der Waals surface area contributed by atoms with Gasteiger partial charge >= 0.3 is 5.97 Å². The third-order valence-electron chi connectivity index (χ3n) is 3.32. The number of nitriles is 1. The lowest BCUT2D eigenvalue weighted by molar-refractivity contribution is -0.384. The first kappa shape index (κ1) is 20.1. The average molecular weight is 382 g/mol. The Labute approximate surface area is 158 Å². The van der Waals surface area contributed by atoms with Gasteiger partial charge in [-0.3, -0.25) is 19.7 Å². The first-order valence-electron chi connectivity index (χ1n) is 7.87. The molecule has 2 aromatic carbocycles. The Morgan fingerprint density at radius 1 is 1.04 bits per heavy atom. The number of hydrogen-bond donors (Lipinski definition) is 2. The van der Waals surface area contributed by atoms with Crippen molar-refractivity contribution in [3.63, 3.8) is 0 Å². The van der Waals surface area contributed by atoms with Crippen LogP contribution >= 0.6 is 0 Å². The minimum absolute atomic E-state index is 0.154. The molecule has 0 radical (unpaired) electrons. The number of carbonyl (C=O) groups is 3. The summed E-state index contributed by atoms with van der Waals surface area (Å²) >= 11 is 0. The highest BCUT2D eigenvalue weighted by atomic mass is 16.6. The van der Waals surface area contributed by atoms with Crippen LogP contribution in [-0.4, -0.2) is 29.3 Å². The van der Waals surface area contributed by atoms with Crippen LogP contribution in [0, 0.1) is 21.4 Å². The molecule has 10 heteroatoms. The van der Waals surface area contributed by atoms with Crippen LogP contribution < -0.4 is 10.6 Å². The lowest BCUT2D eigenvalue weighted by Gasteiger charge is -2.07. The number of rotatable bonds is 7. The van der Waals surface area contributed by atoms with E-state index in [9.17, 15) is 24.5 Å². The summed E-state index contributed by atoms with van der Waals surface area (Å²) in [6, 6.07) is 12.7. The highest BCUT2D eigenvalue weighted by Gasteiger charge is 2.12. The highest BCUT2D eigenvalue weighted by molar-refractivity contribution is 5.96. The van der Waals surface area contributed by atoms with E-state index in [4.69, 9.17) is 10.00 Å². The van der Waals surface area contributed by atoms with Gasteiger partial charge in [0.05, 0.1) is 16.6 Å². The number of nitro groups is 1. The van der Waals surface area contributed by atoms with Crippen molar-refractivity contribution in [1.29, 1.82) is 5.26 Å². The highest BCUT2D eigenvalue weighted by Crippen LogP contribution is 2.17. The summed E-state index contributed by atoms with van der Waals surface area (Å²) in [5.74, 6) is -1.89. The molecular weight excluding hydrogens is 368 g/mol. The number of esters is 1. The molecule has 0 bridgehead atoms. The van der Waals surface area contributed by atoms with E-state index in [0.29, 0.717) is 5.69 Å². The smallest absolute Gasteiger partial charge is 0.338 e. The fraction of sp³-hybridized carbons (Fsp3) is 0.111. The Morgan fingerprint density at radius 2 is 1.71 bits per heavy atom. The molecule has 0 unspecified atom stereocenters. The number of amides is 2. The summed E-state index contributed by atoms with van der Waals surface area (Å²) in [4.78, 5) is 45.2. The minimum atomic E-state index is -0.760. The van der Waals surface area contributed by atoms with Crippen molar-refractivity contribution < 1.29 is 24.0 Å². The van der Waals surface area contributed by atoms with E-state index in [1.165, 1.54) is 48.5 Å².